The topological polar surface area (TPSA) is 74.8 Å². The molecule has 0 radical (unpaired) electrons. The normalized spacial score (nSPS) is 22.4. The Kier molecular flexibility index (Phi) is 5.74. The van der Waals surface area contributed by atoms with Crippen LogP contribution in [0, 0.1) is 17.8 Å². The van der Waals surface area contributed by atoms with Crippen molar-refractivity contribution >= 4 is 35.1 Å². The van der Waals surface area contributed by atoms with E-state index in [1.165, 1.54) is 12.1 Å². The Bertz CT molecular complexity index is 1060. The molecule has 2 aliphatic rings. The van der Waals surface area contributed by atoms with Gasteiger partial charge in [0.15, 0.2) is 5.78 Å². The summed E-state index contributed by atoms with van der Waals surface area (Å²) >= 11 is 5.93. The van der Waals surface area contributed by atoms with Gasteiger partial charge in [-0.05, 0) is 36.6 Å². The number of rotatable bonds is 5. The maximum Gasteiger partial charge on any atom is 0.273 e. The van der Waals surface area contributed by atoms with Crippen molar-refractivity contribution in [2.75, 3.05) is 6.54 Å². The SMILES string of the molecule is C[C@@H]1C=CC[C@H]2C(=O)N(N(CC(=O)c3ccccc3)C(=O)c3ccc(Cl)cc3)C(=O)[C@H]12. The van der Waals surface area contributed by atoms with Crippen molar-refractivity contribution < 1.29 is 19.2 Å². The first-order chi connectivity index (χ1) is 14.9. The smallest absolute Gasteiger partial charge is 0.273 e. The van der Waals surface area contributed by atoms with Crippen LogP contribution in [0.3, 0.4) is 0 Å². The van der Waals surface area contributed by atoms with Crippen molar-refractivity contribution in [3.8, 4) is 0 Å². The Morgan fingerprint density at radius 2 is 1.68 bits per heavy atom. The van der Waals surface area contributed by atoms with Crippen LogP contribution < -0.4 is 0 Å². The number of fused-ring (bicyclic) bond motifs is 1. The van der Waals surface area contributed by atoms with Crippen molar-refractivity contribution in [3.05, 3.63) is 82.9 Å². The van der Waals surface area contributed by atoms with E-state index >= 15 is 0 Å². The second kappa shape index (κ2) is 8.47. The summed E-state index contributed by atoms with van der Waals surface area (Å²) in [6.45, 7) is 1.45. The van der Waals surface area contributed by atoms with Gasteiger partial charge in [-0.25, -0.2) is 5.01 Å². The number of allylic oxidation sites excluding steroid dienone is 2. The largest absolute Gasteiger partial charge is 0.292 e. The van der Waals surface area contributed by atoms with Crippen LogP contribution in [-0.2, 0) is 9.59 Å². The minimum atomic E-state index is -0.609. The van der Waals surface area contributed by atoms with E-state index in [1.807, 2.05) is 19.1 Å². The lowest BCUT2D eigenvalue weighted by atomic mass is 9.78. The second-order valence-corrected chi connectivity index (χ2v) is 8.24. The molecule has 1 fully saturated rings. The molecule has 0 aromatic heterocycles. The van der Waals surface area contributed by atoms with Crippen LogP contribution in [0.1, 0.15) is 34.1 Å². The minimum Gasteiger partial charge on any atom is -0.292 e. The average Bonchev–Trinajstić information content (AvgIpc) is 3.03. The van der Waals surface area contributed by atoms with Gasteiger partial charge in [0.2, 0.25) is 0 Å². The van der Waals surface area contributed by atoms with Crippen molar-refractivity contribution in [2.45, 2.75) is 13.3 Å². The molecule has 2 aromatic carbocycles. The number of hydrogen-bond donors (Lipinski definition) is 0. The highest BCUT2D eigenvalue weighted by Gasteiger charge is 2.53. The molecule has 7 heteroatoms. The fraction of sp³-hybridized carbons (Fsp3) is 0.250. The van der Waals surface area contributed by atoms with E-state index < -0.39 is 36.1 Å². The number of ketones is 1. The summed E-state index contributed by atoms with van der Waals surface area (Å²) in [6.07, 6.45) is 4.24. The summed E-state index contributed by atoms with van der Waals surface area (Å²) in [5.41, 5.74) is 0.620. The maximum absolute atomic E-state index is 13.4. The summed E-state index contributed by atoms with van der Waals surface area (Å²) in [6, 6.07) is 14.6. The number of hydrazine groups is 1. The first kappa shape index (κ1) is 21.0. The van der Waals surface area contributed by atoms with E-state index in [0.29, 0.717) is 17.0 Å². The molecule has 0 spiro atoms. The number of halogens is 1. The number of hydrogen-bond acceptors (Lipinski definition) is 4. The number of Topliss-reactive ketones (excluding diaryl/α,β-unsaturated/α-hetero) is 1. The monoisotopic (exact) mass is 436 g/mol. The minimum absolute atomic E-state index is 0.127. The molecule has 2 aromatic rings. The average molecular weight is 437 g/mol. The molecular weight excluding hydrogens is 416 g/mol. The summed E-state index contributed by atoms with van der Waals surface area (Å²) < 4.78 is 0. The highest BCUT2D eigenvalue weighted by Crippen LogP contribution is 2.39. The molecule has 3 atom stereocenters. The van der Waals surface area contributed by atoms with Crippen LogP contribution in [0.5, 0.6) is 0 Å². The van der Waals surface area contributed by atoms with Crippen LogP contribution in [0.15, 0.2) is 66.7 Å². The van der Waals surface area contributed by atoms with Crippen LogP contribution in [0.25, 0.3) is 0 Å². The molecule has 0 unspecified atom stereocenters. The van der Waals surface area contributed by atoms with Gasteiger partial charge in [-0.15, -0.1) is 0 Å². The van der Waals surface area contributed by atoms with E-state index in [1.54, 1.807) is 42.5 Å². The van der Waals surface area contributed by atoms with Gasteiger partial charge in [-0.3, -0.25) is 19.2 Å². The summed E-state index contributed by atoms with van der Waals surface area (Å²) in [5.74, 6) is -3.07. The summed E-state index contributed by atoms with van der Waals surface area (Å²) in [5, 5.41) is 2.31. The summed E-state index contributed by atoms with van der Waals surface area (Å²) in [7, 11) is 0. The standard InChI is InChI=1S/C24H21ClN2O4/c1-15-6-5-9-19-21(15)24(31)27(23(19)30)26(14-20(28)16-7-3-2-4-8-16)22(29)17-10-12-18(25)13-11-17/h2-8,10-13,15,19,21H,9,14H2,1H3/t15-,19-,21-/m1/s1. The Morgan fingerprint density at radius 3 is 2.32 bits per heavy atom. The molecule has 158 valence electrons. The zero-order valence-electron chi connectivity index (χ0n) is 16.9. The van der Waals surface area contributed by atoms with E-state index in [-0.39, 0.29) is 17.3 Å². The predicted molar refractivity (Wildman–Crippen MR) is 115 cm³/mol. The molecular formula is C24H21ClN2O4. The lowest BCUT2D eigenvalue weighted by Gasteiger charge is -2.30. The number of imide groups is 1. The third-order valence-electron chi connectivity index (χ3n) is 5.81. The van der Waals surface area contributed by atoms with Gasteiger partial charge < -0.3 is 0 Å². The molecule has 31 heavy (non-hydrogen) atoms. The van der Waals surface area contributed by atoms with Gasteiger partial charge in [0.25, 0.3) is 17.7 Å². The number of nitrogens with zero attached hydrogens (tertiary/aromatic N) is 2. The van der Waals surface area contributed by atoms with Gasteiger partial charge in [0.1, 0.15) is 6.54 Å². The quantitative estimate of drug-likeness (QED) is 0.406. The third-order valence-corrected chi connectivity index (χ3v) is 6.06. The van der Waals surface area contributed by atoms with Gasteiger partial charge >= 0.3 is 0 Å². The van der Waals surface area contributed by atoms with Crippen molar-refractivity contribution in [2.24, 2.45) is 17.8 Å². The Hall–Kier alpha value is -3.25. The van der Waals surface area contributed by atoms with Crippen LogP contribution in [0.4, 0.5) is 0 Å². The van der Waals surface area contributed by atoms with Crippen molar-refractivity contribution in [3.63, 3.8) is 0 Å². The van der Waals surface area contributed by atoms with E-state index in [2.05, 4.69) is 0 Å². The summed E-state index contributed by atoms with van der Waals surface area (Å²) in [4.78, 5) is 52.7. The highest BCUT2D eigenvalue weighted by atomic mass is 35.5. The van der Waals surface area contributed by atoms with Gasteiger partial charge in [-0.2, -0.15) is 5.01 Å². The molecule has 3 amide bonds. The molecule has 6 nitrogen and oxygen atoms in total. The molecule has 1 saturated heterocycles. The lowest BCUT2D eigenvalue weighted by Crippen LogP contribution is -2.52. The zero-order valence-corrected chi connectivity index (χ0v) is 17.7. The van der Waals surface area contributed by atoms with E-state index in [4.69, 9.17) is 11.6 Å². The number of carbonyl (C=O) groups excluding carboxylic acids is 4. The predicted octanol–water partition coefficient (Wildman–Crippen LogP) is 3.78. The zero-order chi connectivity index (χ0) is 22.1. The van der Waals surface area contributed by atoms with Crippen LogP contribution >= 0.6 is 11.6 Å². The van der Waals surface area contributed by atoms with Crippen LogP contribution in [-0.4, -0.2) is 40.1 Å². The Labute approximate surface area is 185 Å². The maximum atomic E-state index is 13.4. The number of benzene rings is 2. The van der Waals surface area contributed by atoms with Crippen molar-refractivity contribution in [1.82, 2.24) is 10.0 Å². The highest BCUT2D eigenvalue weighted by molar-refractivity contribution is 6.30. The van der Waals surface area contributed by atoms with E-state index in [9.17, 15) is 19.2 Å². The molecule has 0 saturated carbocycles. The molecule has 1 aliphatic carbocycles. The molecule has 0 N–H and O–H groups in total. The van der Waals surface area contributed by atoms with Crippen molar-refractivity contribution in [1.29, 1.82) is 0 Å². The Morgan fingerprint density at radius 1 is 1.00 bits per heavy atom. The molecule has 0 bridgehead atoms. The van der Waals surface area contributed by atoms with Gasteiger partial charge in [0, 0.05) is 16.1 Å². The Balaban J connectivity index is 1.70. The first-order valence-corrected chi connectivity index (χ1v) is 10.5. The molecule has 1 heterocycles. The van der Waals surface area contributed by atoms with E-state index in [0.717, 1.165) is 10.0 Å². The molecule has 4 rings (SSSR count). The molecule has 1 aliphatic heterocycles. The first-order valence-electron chi connectivity index (χ1n) is 10.1. The fourth-order valence-electron chi connectivity index (χ4n) is 4.20. The van der Waals surface area contributed by atoms with Gasteiger partial charge in [0.05, 0.1) is 11.8 Å². The van der Waals surface area contributed by atoms with Gasteiger partial charge in [-0.1, -0.05) is 61.0 Å². The number of carbonyl (C=O) groups is 4. The fourth-order valence-corrected chi connectivity index (χ4v) is 4.32. The lowest BCUT2D eigenvalue weighted by molar-refractivity contribution is -0.154. The van der Waals surface area contributed by atoms with Crippen LogP contribution in [0.2, 0.25) is 5.02 Å². The third kappa shape index (κ3) is 3.91. The second-order valence-electron chi connectivity index (χ2n) is 7.80. The number of amides is 3.